The Kier molecular flexibility index (Phi) is 11.5. The van der Waals surface area contributed by atoms with Crippen LogP contribution in [0, 0.1) is 0 Å². The molecule has 2 amide bonds. The number of sulfonamides is 1. The summed E-state index contributed by atoms with van der Waals surface area (Å²) < 4.78 is 34.1. The molecule has 0 radical (unpaired) electrons. The Morgan fingerprint density at radius 2 is 1.63 bits per heavy atom. The Labute approximate surface area is 252 Å². The van der Waals surface area contributed by atoms with Gasteiger partial charge in [-0.25, -0.2) is 8.42 Å². The highest BCUT2D eigenvalue weighted by Gasteiger charge is 2.34. The third-order valence-electron chi connectivity index (χ3n) is 6.68. The lowest BCUT2D eigenvalue weighted by Gasteiger charge is -2.33. The number of nitrogens with one attached hydrogen (secondary N) is 1. The van der Waals surface area contributed by atoms with Crippen LogP contribution in [0.4, 0.5) is 5.69 Å². The Balaban J connectivity index is 2.08. The van der Waals surface area contributed by atoms with Crippen molar-refractivity contribution >= 4 is 50.7 Å². The van der Waals surface area contributed by atoms with Crippen molar-refractivity contribution in [3.8, 4) is 5.75 Å². The summed E-state index contributed by atoms with van der Waals surface area (Å²) in [7, 11) is -2.70. The van der Waals surface area contributed by atoms with Gasteiger partial charge in [-0.3, -0.25) is 13.9 Å². The van der Waals surface area contributed by atoms with Crippen LogP contribution < -0.4 is 14.4 Å². The van der Waals surface area contributed by atoms with Crippen LogP contribution in [-0.2, 0) is 26.2 Å². The van der Waals surface area contributed by atoms with Crippen LogP contribution in [0.25, 0.3) is 0 Å². The number of nitrogens with zero attached hydrogens (tertiary/aromatic N) is 2. The van der Waals surface area contributed by atoms with Crippen molar-refractivity contribution < 1.29 is 22.7 Å². The maximum absolute atomic E-state index is 14.1. The summed E-state index contributed by atoms with van der Waals surface area (Å²) in [6.45, 7) is 5.09. The average Bonchev–Trinajstić information content (AvgIpc) is 2.97. The zero-order valence-corrected chi connectivity index (χ0v) is 25.8. The van der Waals surface area contributed by atoms with Crippen molar-refractivity contribution in [2.45, 2.75) is 57.1 Å². The van der Waals surface area contributed by atoms with E-state index >= 15 is 0 Å². The van der Waals surface area contributed by atoms with Crippen LogP contribution in [0.2, 0.25) is 10.0 Å². The molecule has 0 fully saturated rings. The normalized spacial score (nSPS) is 12.7. The van der Waals surface area contributed by atoms with E-state index in [1.54, 1.807) is 67.6 Å². The number of hydrogen-bond donors (Lipinski definition) is 1. The molecular weight excluding hydrogens is 585 g/mol. The molecule has 0 aromatic heterocycles. The molecule has 0 bridgehead atoms. The lowest BCUT2D eigenvalue weighted by atomic mass is 10.1. The number of carbonyl (C=O) groups excluding carboxylic acids is 2. The third-order valence-corrected chi connectivity index (χ3v) is 9.20. The Morgan fingerprint density at radius 3 is 2.24 bits per heavy atom. The van der Waals surface area contributed by atoms with E-state index in [-0.39, 0.29) is 29.1 Å². The Hall–Kier alpha value is -3.27. The first-order chi connectivity index (χ1) is 19.5. The molecule has 1 N–H and O–H groups in total. The maximum atomic E-state index is 14.1. The molecule has 0 saturated heterocycles. The zero-order chi connectivity index (χ0) is 30.2. The number of rotatable bonds is 13. The van der Waals surface area contributed by atoms with Gasteiger partial charge in [0.05, 0.1) is 27.7 Å². The second-order valence-electron chi connectivity index (χ2n) is 9.54. The van der Waals surface area contributed by atoms with Crippen molar-refractivity contribution in [1.82, 2.24) is 10.2 Å². The molecule has 0 spiro atoms. The Bertz CT molecular complexity index is 1450. The molecule has 0 heterocycles. The average molecular weight is 621 g/mol. The molecule has 0 aliphatic rings. The molecule has 2 unspecified atom stereocenters. The minimum Gasteiger partial charge on any atom is -0.497 e. The summed E-state index contributed by atoms with van der Waals surface area (Å²) in [5.74, 6) is -0.464. The van der Waals surface area contributed by atoms with Crippen LogP contribution in [0.15, 0.2) is 77.7 Å². The number of benzene rings is 3. The summed E-state index contributed by atoms with van der Waals surface area (Å²) in [6.07, 6.45) is 1.02. The first-order valence-corrected chi connectivity index (χ1v) is 15.5. The summed E-state index contributed by atoms with van der Waals surface area (Å²) in [5, 5.41) is 3.61. The first-order valence-electron chi connectivity index (χ1n) is 13.3. The van der Waals surface area contributed by atoms with Gasteiger partial charge in [-0.15, -0.1) is 0 Å². The van der Waals surface area contributed by atoms with E-state index in [2.05, 4.69) is 5.32 Å². The highest BCUT2D eigenvalue weighted by molar-refractivity contribution is 7.92. The molecule has 3 aromatic rings. The highest BCUT2D eigenvalue weighted by atomic mass is 35.5. The van der Waals surface area contributed by atoms with Crippen LogP contribution in [0.1, 0.15) is 39.2 Å². The van der Waals surface area contributed by atoms with Crippen LogP contribution in [0.5, 0.6) is 5.75 Å². The minimum absolute atomic E-state index is 0.0134. The number of anilines is 1. The van der Waals surface area contributed by atoms with Crippen LogP contribution in [0.3, 0.4) is 0 Å². The van der Waals surface area contributed by atoms with Gasteiger partial charge in [0.2, 0.25) is 11.8 Å². The summed E-state index contributed by atoms with van der Waals surface area (Å²) in [4.78, 5) is 28.9. The summed E-state index contributed by atoms with van der Waals surface area (Å²) >= 11 is 12.3. The SMILES string of the molecule is CCC(C)NC(=O)C(CC)N(Cc1ccc(Cl)c(Cl)c1)C(=O)CN(c1cccc(OC)c1)S(=O)(=O)c1ccccc1. The predicted octanol–water partition coefficient (Wildman–Crippen LogP) is 5.92. The molecule has 0 aliphatic heterocycles. The fourth-order valence-electron chi connectivity index (χ4n) is 4.21. The number of halogens is 2. The molecule has 220 valence electrons. The van der Waals surface area contributed by atoms with Crippen molar-refractivity contribution in [2.24, 2.45) is 0 Å². The smallest absolute Gasteiger partial charge is 0.264 e. The molecular formula is C30H35Cl2N3O5S. The van der Waals surface area contributed by atoms with E-state index in [0.717, 1.165) is 4.31 Å². The van der Waals surface area contributed by atoms with Gasteiger partial charge < -0.3 is 15.0 Å². The van der Waals surface area contributed by atoms with Crippen molar-refractivity contribution in [2.75, 3.05) is 18.0 Å². The molecule has 0 aliphatic carbocycles. The first kappa shape index (κ1) is 32.2. The quantitative estimate of drug-likeness (QED) is 0.256. The van der Waals surface area contributed by atoms with E-state index in [4.69, 9.17) is 27.9 Å². The monoisotopic (exact) mass is 619 g/mol. The molecule has 3 rings (SSSR count). The topological polar surface area (TPSA) is 96.0 Å². The molecule has 11 heteroatoms. The molecule has 3 aromatic carbocycles. The van der Waals surface area contributed by atoms with Crippen LogP contribution in [-0.4, -0.2) is 50.9 Å². The van der Waals surface area contributed by atoms with Crippen molar-refractivity contribution in [1.29, 1.82) is 0 Å². The fraction of sp³-hybridized carbons (Fsp3) is 0.333. The Morgan fingerprint density at radius 1 is 0.927 bits per heavy atom. The van der Waals surface area contributed by atoms with Crippen molar-refractivity contribution in [3.05, 3.63) is 88.4 Å². The van der Waals surface area contributed by atoms with Crippen LogP contribution >= 0.6 is 23.2 Å². The standard InChI is InChI=1S/C30H35Cl2N3O5S/c1-5-21(3)33-30(37)28(6-2)34(19-22-15-16-26(31)27(32)17-22)29(36)20-35(23-11-10-12-24(18-23)40-4)41(38,39)25-13-8-7-9-14-25/h7-18,21,28H,5-6,19-20H2,1-4H3,(H,33,37). The highest BCUT2D eigenvalue weighted by Crippen LogP contribution is 2.28. The van der Waals surface area contributed by atoms with Gasteiger partial charge in [-0.2, -0.15) is 0 Å². The predicted molar refractivity (Wildman–Crippen MR) is 163 cm³/mol. The minimum atomic E-state index is -4.18. The van der Waals surface area contributed by atoms with Gasteiger partial charge in [0.1, 0.15) is 18.3 Å². The van der Waals surface area contributed by atoms with E-state index in [9.17, 15) is 18.0 Å². The van der Waals surface area contributed by atoms with E-state index in [1.807, 2.05) is 13.8 Å². The van der Waals surface area contributed by atoms with E-state index in [0.29, 0.717) is 34.2 Å². The van der Waals surface area contributed by atoms with Gasteiger partial charge in [-0.1, -0.05) is 67.4 Å². The number of amides is 2. The van der Waals surface area contributed by atoms with E-state index in [1.165, 1.54) is 24.1 Å². The van der Waals surface area contributed by atoms with Crippen molar-refractivity contribution in [3.63, 3.8) is 0 Å². The van der Waals surface area contributed by atoms with E-state index < -0.39 is 28.5 Å². The third kappa shape index (κ3) is 8.15. The number of methoxy groups -OCH3 is 1. The summed E-state index contributed by atoms with van der Waals surface area (Å²) in [5.41, 5.74) is 0.884. The second-order valence-corrected chi connectivity index (χ2v) is 12.2. The fourth-order valence-corrected chi connectivity index (χ4v) is 5.96. The van der Waals surface area contributed by atoms with Gasteiger partial charge in [-0.05, 0) is 61.7 Å². The molecule has 41 heavy (non-hydrogen) atoms. The molecule has 8 nitrogen and oxygen atoms in total. The zero-order valence-electron chi connectivity index (χ0n) is 23.5. The van der Waals surface area contributed by atoms with Gasteiger partial charge in [0.25, 0.3) is 10.0 Å². The molecule has 2 atom stereocenters. The number of ether oxygens (including phenoxy) is 1. The lowest BCUT2D eigenvalue weighted by molar-refractivity contribution is -0.140. The van der Waals surface area contributed by atoms with Gasteiger partial charge in [0, 0.05) is 18.7 Å². The number of hydrogen-bond acceptors (Lipinski definition) is 5. The number of carbonyl (C=O) groups is 2. The largest absolute Gasteiger partial charge is 0.497 e. The van der Waals surface area contributed by atoms with Gasteiger partial charge >= 0.3 is 0 Å². The summed E-state index contributed by atoms with van der Waals surface area (Å²) in [6, 6.07) is 18.3. The van der Waals surface area contributed by atoms with Gasteiger partial charge in [0.15, 0.2) is 0 Å². The molecule has 0 saturated carbocycles. The second kappa shape index (κ2) is 14.6. The lowest BCUT2D eigenvalue weighted by Crippen LogP contribution is -2.53. The maximum Gasteiger partial charge on any atom is 0.264 e.